The second-order valence-electron chi connectivity index (χ2n) is 5.97. The smallest absolute Gasteiger partial charge is 0.262 e. The number of ether oxygens (including phenoxy) is 2. The number of halogens is 1. The first kappa shape index (κ1) is 19.9. The average molecular weight is 449 g/mol. The van der Waals surface area contributed by atoms with Gasteiger partial charge in [0.2, 0.25) is 0 Å². The third-order valence-corrected chi connectivity index (χ3v) is 5.50. The lowest BCUT2D eigenvalue weighted by Gasteiger charge is -2.13. The summed E-state index contributed by atoms with van der Waals surface area (Å²) in [4.78, 5) is 17.6. The zero-order valence-electron chi connectivity index (χ0n) is 15.3. The molecule has 5 nitrogen and oxygen atoms in total. The second-order valence-corrected chi connectivity index (χ2v) is 7.95. The van der Waals surface area contributed by atoms with Crippen LogP contribution >= 0.6 is 27.7 Å². The molecule has 0 N–H and O–H groups in total. The van der Waals surface area contributed by atoms with Gasteiger partial charge in [0.15, 0.2) is 5.16 Å². The number of hydrogen-bond acceptors (Lipinski definition) is 5. The fourth-order valence-corrected chi connectivity index (χ4v) is 3.87. The Labute approximate surface area is 170 Å². The van der Waals surface area contributed by atoms with E-state index in [0.717, 1.165) is 15.8 Å². The van der Waals surface area contributed by atoms with Crippen molar-refractivity contribution in [2.75, 3.05) is 26.1 Å². The van der Waals surface area contributed by atoms with Crippen molar-refractivity contribution in [3.8, 4) is 5.75 Å². The van der Waals surface area contributed by atoms with Crippen LogP contribution < -0.4 is 10.3 Å². The molecule has 3 rings (SSSR count). The Kier molecular flexibility index (Phi) is 6.93. The van der Waals surface area contributed by atoms with Crippen LogP contribution in [0.15, 0.2) is 56.9 Å². The largest absolute Gasteiger partial charge is 0.492 e. The third-order valence-electron chi connectivity index (χ3n) is 4.07. The molecule has 0 unspecified atom stereocenters. The van der Waals surface area contributed by atoms with Gasteiger partial charge in [0.05, 0.1) is 30.7 Å². The van der Waals surface area contributed by atoms with Crippen molar-refractivity contribution in [3.63, 3.8) is 0 Å². The van der Waals surface area contributed by atoms with Crippen molar-refractivity contribution < 1.29 is 9.47 Å². The average Bonchev–Trinajstić information content (AvgIpc) is 2.66. The highest BCUT2D eigenvalue weighted by molar-refractivity contribution is 9.10. The number of aromatic nitrogens is 2. The molecule has 0 bridgehead atoms. The van der Waals surface area contributed by atoms with Crippen LogP contribution in [-0.4, -0.2) is 35.6 Å². The maximum Gasteiger partial charge on any atom is 0.262 e. The first-order valence-corrected chi connectivity index (χ1v) is 10.4. The summed E-state index contributed by atoms with van der Waals surface area (Å²) in [6.07, 6.45) is 0. The molecule has 0 saturated carbocycles. The number of rotatable bonds is 8. The van der Waals surface area contributed by atoms with Gasteiger partial charge in [-0.1, -0.05) is 45.9 Å². The minimum absolute atomic E-state index is 0.0549. The van der Waals surface area contributed by atoms with Crippen LogP contribution in [0.1, 0.15) is 5.56 Å². The molecule has 1 heterocycles. The van der Waals surface area contributed by atoms with Gasteiger partial charge in [0.1, 0.15) is 5.75 Å². The minimum Gasteiger partial charge on any atom is -0.492 e. The number of fused-ring (bicyclic) bond motifs is 1. The van der Waals surface area contributed by atoms with Gasteiger partial charge in [0.25, 0.3) is 5.56 Å². The Balaban J connectivity index is 1.78. The molecule has 27 heavy (non-hydrogen) atoms. The fraction of sp³-hybridized carbons (Fsp3) is 0.300. The van der Waals surface area contributed by atoms with Gasteiger partial charge in [0, 0.05) is 17.3 Å². The Morgan fingerprint density at radius 1 is 1.19 bits per heavy atom. The SMILES string of the molecule is COCCn1c(SCCOc2ccccc2C)nc2ccc(Br)cc2c1=O. The molecule has 3 aromatic rings. The van der Waals surface area contributed by atoms with E-state index in [1.54, 1.807) is 11.7 Å². The molecule has 7 heteroatoms. The Bertz CT molecular complexity index is 991. The van der Waals surface area contributed by atoms with Crippen molar-refractivity contribution >= 4 is 38.6 Å². The van der Waals surface area contributed by atoms with Gasteiger partial charge in [-0.3, -0.25) is 9.36 Å². The van der Waals surface area contributed by atoms with Crippen molar-refractivity contribution in [3.05, 3.63) is 62.9 Å². The van der Waals surface area contributed by atoms with E-state index in [1.165, 1.54) is 11.8 Å². The third kappa shape index (κ3) is 4.91. The summed E-state index contributed by atoms with van der Waals surface area (Å²) >= 11 is 4.93. The van der Waals surface area contributed by atoms with Crippen molar-refractivity contribution in [1.29, 1.82) is 0 Å². The number of nitrogens with zero attached hydrogens (tertiary/aromatic N) is 2. The minimum atomic E-state index is -0.0549. The standard InChI is InChI=1S/C20H21BrN2O3S/c1-14-5-3-4-6-18(14)26-11-12-27-20-22-17-8-7-15(21)13-16(17)19(24)23(20)9-10-25-2/h3-8,13H,9-12H2,1-2H3. The number of para-hydroxylation sites is 1. The zero-order valence-corrected chi connectivity index (χ0v) is 17.7. The molecule has 0 aliphatic heterocycles. The molecule has 0 radical (unpaired) electrons. The summed E-state index contributed by atoms with van der Waals surface area (Å²) in [7, 11) is 1.62. The van der Waals surface area contributed by atoms with Crippen molar-refractivity contribution in [2.45, 2.75) is 18.6 Å². The van der Waals surface area contributed by atoms with Crippen LogP contribution in [0.5, 0.6) is 5.75 Å². The number of benzene rings is 2. The van der Waals surface area contributed by atoms with Crippen LogP contribution in [-0.2, 0) is 11.3 Å². The number of methoxy groups -OCH3 is 1. The predicted octanol–water partition coefficient (Wildman–Crippen LogP) is 4.28. The van der Waals surface area contributed by atoms with Gasteiger partial charge in [-0.05, 0) is 36.8 Å². The summed E-state index contributed by atoms with van der Waals surface area (Å²) < 4.78 is 13.5. The summed E-state index contributed by atoms with van der Waals surface area (Å²) in [5, 5.41) is 1.28. The molecule has 142 valence electrons. The lowest BCUT2D eigenvalue weighted by Crippen LogP contribution is -2.25. The maximum atomic E-state index is 12.9. The first-order chi connectivity index (χ1) is 13.1. The van der Waals surface area contributed by atoms with E-state index in [2.05, 4.69) is 20.9 Å². The highest BCUT2D eigenvalue weighted by atomic mass is 79.9. The number of thioether (sulfide) groups is 1. The van der Waals surface area contributed by atoms with Gasteiger partial charge < -0.3 is 9.47 Å². The van der Waals surface area contributed by atoms with E-state index in [9.17, 15) is 4.79 Å². The zero-order chi connectivity index (χ0) is 19.2. The Morgan fingerprint density at radius 3 is 2.78 bits per heavy atom. The maximum absolute atomic E-state index is 12.9. The summed E-state index contributed by atoms with van der Waals surface area (Å²) in [6, 6.07) is 13.5. The monoisotopic (exact) mass is 448 g/mol. The number of hydrogen-bond donors (Lipinski definition) is 0. The highest BCUT2D eigenvalue weighted by Crippen LogP contribution is 2.21. The van der Waals surface area contributed by atoms with Crippen LogP contribution in [0.2, 0.25) is 0 Å². The molecule has 1 aromatic heterocycles. The Morgan fingerprint density at radius 2 is 2.00 bits per heavy atom. The van der Waals surface area contributed by atoms with E-state index in [1.807, 2.05) is 49.4 Å². The molecule has 0 aliphatic carbocycles. The van der Waals surface area contributed by atoms with E-state index in [0.29, 0.717) is 41.6 Å². The first-order valence-electron chi connectivity index (χ1n) is 8.60. The van der Waals surface area contributed by atoms with Crippen LogP contribution in [0, 0.1) is 6.92 Å². The van der Waals surface area contributed by atoms with Gasteiger partial charge >= 0.3 is 0 Å². The van der Waals surface area contributed by atoms with Gasteiger partial charge in [-0.15, -0.1) is 0 Å². The van der Waals surface area contributed by atoms with E-state index >= 15 is 0 Å². The molecule has 2 aromatic carbocycles. The molecule has 0 fully saturated rings. The lowest BCUT2D eigenvalue weighted by atomic mass is 10.2. The van der Waals surface area contributed by atoms with Crippen molar-refractivity contribution in [2.24, 2.45) is 0 Å². The summed E-state index contributed by atoms with van der Waals surface area (Å²) in [5.41, 5.74) is 1.74. The molecular weight excluding hydrogens is 428 g/mol. The van der Waals surface area contributed by atoms with Gasteiger partial charge in [-0.2, -0.15) is 0 Å². The highest BCUT2D eigenvalue weighted by Gasteiger charge is 2.12. The normalized spacial score (nSPS) is 11.1. The lowest BCUT2D eigenvalue weighted by molar-refractivity contribution is 0.183. The molecule has 0 amide bonds. The van der Waals surface area contributed by atoms with Crippen molar-refractivity contribution in [1.82, 2.24) is 9.55 Å². The summed E-state index contributed by atoms with van der Waals surface area (Å²) in [5.74, 6) is 1.57. The Hall–Kier alpha value is -1.83. The van der Waals surface area contributed by atoms with E-state index in [4.69, 9.17) is 9.47 Å². The van der Waals surface area contributed by atoms with Crippen LogP contribution in [0.25, 0.3) is 10.9 Å². The molecule has 0 saturated heterocycles. The molecule has 0 aliphatic rings. The second kappa shape index (κ2) is 9.39. The number of aryl methyl sites for hydroxylation is 1. The van der Waals surface area contributed by atoms with Gasteiger partial charge in [-0.25, -0.2) is 4.98 Å². The topological polar surface area (TPSA) is 53.4 Å². The van der Waals surface area contributed by atoms with Crippen LogP contribution in [0.3, 0.4) is 0 Å². The van der Waals surface area contributed by atoms with Crippen LogP contribution in [0.4, 0.5) is 0 Å². The molecule has 0 atom stereocenters. The molecular formula is C20H21BrN2O3S. The van der Waals surface area contributed by atoms with E-state index < -0.39 is 0 Å². The quantitative estimate of drug-likeness (QED) is 0.292. The summed E-state index contributed by atoms with van der Waals surface area (Å²) in [6.45, 7) is 3.47. The van der Waals surface area contributed by atoms with E-state index in [-0.39, 0.29) is 5.56 Å². The predicted molar refractivity (Wildman–Crippen MR) is 113 cm³/mol. The fourth-order valence-electron chi connectivity index (χ4n) is 2.67. The molecule has 0 spiro atoms.